The number of nitrogens with zero attached hydrogens (tertiary/aromatic N) is 1. The molecule has 0 bridgehead atoms. The molecule has 0 aliphatic rings. The Morgan fingerprint density at radius 1 is 1.15 bits per heavy atom. The SMILES string of the molecule is CC(C)NC(=O)NC(=O)COC(=O)Cn1[nH]c(=O)c2ccccc2c1=O. The molecule has 10 heteroatoms. The van der Waals surface area contributed by atoms with Gasteiger partial charge in [0.15, 0.2) is 6.61 Å². The molecule has 1 aromatic carbocycles. The van der Waals surface area contributed by atoms with E-state index in [2.05, 4.69) is 10.4 Å². The zero-order chi connectivity index (χ0) is 19.3. The average Bonchev–Trinajstić information content (AvgIpc) is 2.57. The van der Waals surface area contributed by atoms with Gasteiger partial charge in [-0.15, -0.1) is 0 Å². The van der Waals surface area contributed by atoms with Crippen LogP contribution in [0.2, 0.25) is 0 Å². The number of urea groups is 1. The molecule has 10 nitrogen and oxygen atoms in total. The molecule has 0 saturated carbocycles. The third-order valence-electron chi connectivity index (χ3n) is 3.21. The first-order valence-electron chi connectivity index (χ1n) is 7.75. The van der Waals surface area contributed by atoms with Gasteiger partial charge in [-0.05, 0) is 26.0 Å². The van der Waals surface area contributed by atoms with Crippen LogP contribution in [0.5, 0.6) is 0 Å². The molecule has 1 heterocycles. The van der Waals surface area contributed by atoms with Crippen molar-refractivity contribution >= 4 is 28.7 Å². The Morgan fingerprint density at radius 2 is 1.81 bits per heavy atom. The van der Waals surface area contributed by atoms with Crippen molar-refractivity contribution in [2.24, 2.45) is 0 Å². The predicted octanol–water partition coefficient (Wildman–Crippen LogP) is -0.533. The van der Waals surface area contributed by atoms with Gasteiger partial charge in [-0.25, -0.2) is 9.48 Å². The van der Waals surface area contributed by atoms with Gasteiger partial charge in [0.1, 0.15) is 6.54 Å². The highest BCUT2D eigenvalue weighted by Crippen LogP contribution is 2.02. The number of carbonyl (C=O) groups excluding carboxylic acids is 3. The van der Waals surface area contributed by atoms with Crippen LogP contribution in [0.3, 0.4) is 0 Å². The van der Waals surface area contributed by atoms with E-state index in [0.29, 0.717) is 0 Å². The highest BCUT2D eigenvalue weighted by Gasteiger charge is 2.14. The molecule has 0 aliphatic heterocycles. The van der Waals surface area contributed by atoms with E-state index in [-0.39, 0.29) is 16.8 Å². The summed E-state index contributed by atoms with van der Waals surface area (Å²) in [7, 11) is 0. The molecule has 2 aromatic rings. The molecule has 0 atom stereocenters. The van der Waals surface area contributed by atoms with Gasteiger partial charge in [0.2, 0.25) is 0 Å². The zero-order valence-electron chi connectivity index (χ0n) is 14.2. The van der Waals surface area contributed by atoms with Crippen molar-refractivity contribution in [3.05, 3.63) is 45.0 Å². The minimum Gasteiger partial charge on any atom is -0.454 e. The van der Waals surface area contributed by atoms with Gasteiger partial charge in [-0.2, -0.15) is 0 Å². The van der Waals surface area contributed by atoms with Gasteiger partial charge in [-0.3, -0.25) is 29.6 Å². The first kappa shape index (κ1) is 18.9. The number of aromatic amines is 1. The number of imide groups is 1. The van der Waals surface area contributed by atoms with Crippen LogP contribution in [-0.4, -0.2) is 40.3 Å². The van der Waals surface area contributed by atoms with Crippen molar-refractivity contribution in [2.45, 2.75) is 26.4 Å². The maximum atomic E-state index is 12.3. The number of carbonyl (C=O) groups is 3. The van der Waals surface area contributed by atoms with E-state index in [1.165, 1.54) is 12.1 Å². The number of H-pyrrole nitrogens is 1. The third kappa shape index (κ3) is 4.79. The standard InChI is InChI=1S/C16H18N4O6/c1-9(2)17-16(25)18-12(21)8-26-13(22)7-20-15(24)11-6-4-3-5-10(11)14(23)19-20/h3-6,9H,7-8H2,1-2H3,(H,19,23)(H2,17,18,21,25). The molecular formula is C16H18N4O6. The number of aromatic nitrogens is 2. The van der Waals surface area contributed by atoms with Crippen molar-refractivity contribution in [3.8, 4) is 0 Å². The van der Waals surface area contributed by atoms with E-state index in [9.17, 15) is 24.0 Å². The highest BCUT2D eigenvalue weighted by atomic mass is 16.5. The second-order valence-electron chi connectivity index (χ2n) is 5.71. The van der Waals surface area contributed by atoms with E-state index in [0.717, 1.165) is 4.68 Å². The normalized spacial score (nSPS) is 10.6. The molecule has 0 saturated heterocycles. The van der Waals surface area contributed by atoms with Crippen LogP contribution in [-0.2, 0) is 20.9 Å². The van der Waals surface area contributed by atoms with Crippen molar-refractivity contribution in [3.63, 3.8) is 0 Å². The maximum Gasteiger partial charge on any atom is 0.328 e. The first-order chi connectivity index (χ1) is 12.3. The number of hydrogen-bond donors (Lipinski definition) is 3. The van der Waals surface area contributed by atoms with Crippen LogP contribution in [0.25, 0.3) is 10.8 Å². The fraction of sp³-hybridized carbons (Fsp3) is 0.312. The van der Waals surface area contributed by atoms with Crippen LogP contribution >= 0.6 is 0 Å². The maximum absolute atomic E-state index is 12.3. The lowest BCUT2D eigenvalue weighted by Gasteiger charge is -2.10. The van der Waals surface area contributed by atoms with E-state index in [1.54, 1.807) is 26.0 Å². The second-order valence-corrected chi connectivity index (χ2v) is 5.71. The minimum absolute atomic E-state index is 0.159. The van der Waals surface area contributed by atoms with E-state index >= 15 is 0 Å². The Morgan fingerprint density at radius 3 is 2.46 bits per heavy atom. The number of rotatable bonds is 5. The lowest BCUT2D eigenvalue weighted by molar-refractivity contribution is -0.149. The summed E-state index contributed by atoms with van der Waals surface area (Å²) in [6.07, 6.45) is 0. The first-order valence-corrected chi connectivity index (χ1v) is 7.75. The molecule has 138 valence electrons. The summed E-state index contributed by atoms with van der Waals surface area (Å²) in [5.74, 6) is -1.74. The smallest absolute Gasteiger partial charge is 0.328 e. The molecule has 0 spiro atoms. The Hall–Kier alpha value is -3.43. The number of hydrogen-bond acceptors (Lipinski definition) is 6. The van der Waals surface area contributed by atoms with Crippen LogP contribution < -0.4 is 21.8 Å². The van der Waals surface area contributed by atoms with Gasteiger partial charge in [0.25, 0.3) is 17.0 Å². The molecule has 3 amide bonds. The topological polar surface area (TPSA) is 139 Å². The number of ether oxygens (including phenoxy) is 1. The number of esters is 1. The summed E-state index contributed by atoms with van der Waals surface area (Å²) in [6, 6.07) is 5.29. The van der Waals surface area contributed by atoms with Gasteiger partial charge in [-0.1, -0.05) is 12.1 Å². The van der Waals surface area contributed by atoms with Crippen molar-refractivity contribution in [2.75, 3.05) is 6.61 Å². The molecule has 0 aliphatic carbocycles. The second kappa shape index (κ2) is 8.10. The fourth-order valence-electron chi connectivity index (χ4n) is 2.14. The molecule has 0 radical (unpaired) electrons. The van der Waals surface area contributed by atoms with E-state index in [4.69, 9.17) is 4.74 Å². The Labute approximate surface area is 147 Å². The largest absolute Gasteiger partial charge is 0.454 e. The molecule has 0 unspecified atom stereocenters. The summed E-state index contributed by atoms with van der Waals surface area (Å²) in [5, 5.41) is 7.06. The molecule has 2 rings (SSSR count). The molecule has 26 heavy (non-hydrogen) atoms. The Bertz CT molecular complexity index is 959. The van der Waals surface area contributed by atoms with Gasteiger partial charge < -0.3 is 10.1 Å². The van der Waals surface area contributed by atoms with E-state index < -0.39 is 42.2 Å². The Balaban J connectivity index is 1.98. The summed E-state index contributed by atoms with van der Waals surface area (Å²) in [4.78, 5) is 58.8. The minimum atomic E-state index is -0.919. The monoisotopic (exact) mass is 362 g/mol. The van der Waals surface area contributed by atoms with Gasteiger partial charge in [0, 0.05) is 6.04 Å². The van der Waals surface area contributed by atoms with Crippen molar-refractivity contribution < 1.29 is 19.1 Å². The number of amides is 3. The average molecular weight is 362 g/mol. The number of nitrogens with one attached hydrogen (secondary N) is 3. The summed E-state index contributed by atoms with van der Waals surface area (Å²) < 4.78 is 5.51. The zero-order valence-corrected chi connectivity index (χ0v) is 14.2. The van der Waals surface area contributed by atoms with E-state index in [1.807, 2.05) is 5.32 Å². The molecule has 0 fully saturated rings. The lowest BCUT2D eigenvalue weighted by atomic mass is 10.2. The predicted molar refractivity (Wildman–Crippen MR) is 91.6 cm³/mol. The fourth-order valence-corrected chi connectivity index (χ4v) is 2.14. The molecule has 1 aromatic heterocycles. The van der Waals surface area contributed by atoms with Crippen LogP contribution in [0.1, 0.15) is 13.8 Å². The highest BCUT2D eigenvalue weighted by molar-refractivity contribution is 5.95. The van der Waals surface area contributed by atoms with Gasteiger partial charge >= 0.3 is 12.0 Å². The van der Waals surface area contributed by atoms with Crippen LogP contribution in [0.4, 0.5) is 4.79 Å². The summed E-state index contributed by atoms with van der Waals surface area (Å²) >= 11 is 0. The summed E-state index contributed by atoms with van der Waals surface area (Å²) in [6.45, 7) is 2.15. The number of fused-ring (bicyclic) bond motifs is 1. The summed E-state index contributed by atoms with van der Waals surface area (Å²) in [5.41, 5.74) is -1.10. The van der Waals surface area contributed by atoms with Crippen LogP contribution in [0, 0.1) is 0 Å². The van der Waals surface area contributed by atoms with Gasteiger partial charge in [0.05, 0.1) is 10.8 Å². The van der Waals surface area contributed by atoms with Crippen LogP contribution in [0.15, 0.2) is 33.9 Å². The quantitative estimate of drug-likeness (QED) is 0.611. The molecular weight excluding hydrogens is 344 g/mol. The third-order valence-corrected chi connectivity index (χ3v) is 3.21. The Kier molecular flexibility index (Phi) is 5.89. The van der Waals surface area contributed by atoms with Crippen molar-refractivity contribution in [1.29, 1.82) is 0 Å². The molecule has 3 N–H and O–H groups in total. The number of benzene rings is 1. The lowest BCUT2D eigenvalue weighted by Crippen LogP contribution is -2.44. The van der Waals surface area contributed by atoms with Crippen molar-refractivity contribution in [1.82, 2.24) is 20.4 Å².